The lowest BCUT2D eigenvalue weighted by Gasteiger charge is -2.18. The van der Waals surface area contributed by atoms with Gasteiger partial charge in [-0.1, -0.05) is 24.3 Å². The van der Waals surface area contributed by atoms with Crippen LogP contribution in [-0.2, 0) is 0 Å². The summed E-state index contributed by atoms with van der Waals surface area (Å²) in [4.78, 5) is 0. The SMILES string of the molecule is C1=CC2C3C=CC(C3)C2C1.C=C. The Balaban J connectivity index is 0.000000264. The summed E-state index contributed by atoms with van der Waals surface area (Å²) in [6, 6.07) is 0. The maximum absolute atomic E-state index is 3.00. The van der Waals surface area contributed by atoms with Gasteiger partial charge in [0.05, 0.1) is 0 Å². The van der Waals surface area contributed by atoms with Gasteiger partial charge in [0.2, 0.25) is 0 Å². The molecule has 64 valence electrons. The summed E-state index contributed by atoms with van der Waals surface area (Å²) in [5, 5.41) is 0. The van der Waals surface area contributed by atoms with Crippen molar-refractivity contribution in [2.45, 2.75) is 12.8 Å². The Labute approximate surface area is 74.7 Å². The van der Waals surface area contributed by atoms with E-state index in [1.165, 1.54) is 12.8 Å². The third kappa shape index (κ3) is 0.906. The van der Waals surface area contributed by atoms with E-state index >= 15 is 0 Å². The van der Waals surface area contributed by atoms with E-state index in [1.54, 1.807) is 0 Å². The number of rotatable bonds is 0. The highest BCUT2D eigenvalue weighted by Gasteiger charge is 2.44. The zero-order valence-electron chi connectivity index (χ0n) is 7.45. The van der Waals surface area contributed by atoms with Crippen molar-refractivity contribution >= 4 is 0 Å². The van der Waals surface area contributed by atoms with Gasteiger partial charge in [-0.3, -0.25) is 0 Å². The molecule has 0 aromatic heterocycles. The normalized spacial score (nSPS) is 45.7. The molecule has 1 fully saturated rings. The summed E-state index contributed by atoms with van der Waals surface area (Å²) in [5.41, 5.74) is 0. The van der Waals surface area contributed by atoms with Crippen molar-refractivity contribution in [1.29, 1.82) is 0 Å². The first-order chi connectivity index (χ1) is 5.95. The van der Waals surface area contributed by atoms with Gasteiger partial charge in [-0.2, -0.15) is 0 Å². The quantitative estimate of drug-likeness (QED) is 0.477. The predicted octanol–water partition coefficient (Wildman–Crippen LogP) is 3.19. The first-order valence-electron chi connectivity index (χ1n) is 4.80. The average molecular weight is 160 g/mol. The molecule has 0 spiro atoms. The highest BCUT2D eigenvalue weighted by Crippen LogP contribution is 2.52. The fourth-order valence-corrected chi connectivity index (χ4v) is 2.97. The van der Waals surface area contributed by atoms with Crippen LogP contribution in [0.3, 0.4) is 0 Å². The predicted molar refractivity (Wildman–Crippen MR) is 52.7 cm³/mol. The second-order valence-electron chi connectivity index (χ2n) is 3.85. The molecular weight excluding hydrogens is 144 g/mol. The van der Waals surface area contributed by atoms with Crippen LogP contribution in [0, 0.1) is 23.7 Å². The van der Waals surface area contributed by atoms with Gasteiger partial charge >= 0.3 is 0 Å². The zero-order valence-corrected chi connectivity index (χ0v) is 7.45. The van der Waals surface area contributed by atoms with Gasteiger partial charge in [0, 0.05) is 0 Å². The van der Waals surface area contributed by atoms with Crippen molar-refractivity contribution < 1.29 is 0 Å². The lowest BCUT2D eigenvalue weighted by Crippen LogP contribution is -2.12. The molecule has 0 nitrogen and oxygen atoms in total. The molecule has 0 aromatic rings. The summed E-state index contributed by atoms with van der Waals surface area (Å²) < 4.78 is 0. The van der Waals surface area contributed by atoms with Gasteiger partial charge in [-0.25, -0.2) is 0 Å². The van der Waals surface area contributed by atoms with Crippen LogP contribution < -0.4 is 0 Å². The highest BCUT2D eigenvalue weighted by molar-refractivity contribution is 5.21. The maximum Gasteiger partial charge on any atom is -0.0133 e. The van der Waals surface area contributed by atoms with E-state index in [2.05, 4.69) is 37.5 Å². The third-order valence-electron chi connectivity index (χ3n) is 3.46. The third-order valence-corrected chi connectivity index (χ3v) is 3.46. The summed E-state index contributed by atoms with van der Waals surface area (Å²) in [7, 11) is 0. The Hall–Kier alpha value is -0.780. The van der Waals surface area contributed by atoms with Crippen LogP contribution in [0.4, 0.5) is 0 Å². The van der Waals surface area contributed by atoms with Crippen LogP contribution in [0.1, 0.15) is 12.8 Å². The molecule has 3 aliphatic rings. The number of hydrogen-bond donors (Lipinski definition) is 0. The van der Waals surface area contributed by atoms with Crippen LogP contribution in [0.5, 0.6) is 0 Å². The van der Waals surface area contributed by atoms with E-state index in [4.69, 9.17) is 0 Å². The van der Waals surface area contributed by atoms with Gasteiger partial charge in [0.1, 0.15) is 0 Å². The van der Waals surface area contributed by atoms with Crippen molar-refractivity contribution in [2.75, 3.05) is 0 Å². The standard InChI is InChI=1S/C10H12.C2H4/c1-2-9-7-4-5-8(6-7)10(9)3-1;1-2/h1-2,4-5,7-10H,3,6H2;1-2H2. The molecule has 0 radical (unpaired) electrons. The van der Waals surface area contributed by atoms with E-state index in [-0.39, 0.29) is 0 Å². The Morgan fingerprint density at radius 1 is 1.00 bits per heavy atom. The molecule has 0 amide bonds. The molecule has 3 aliphatic carbocycles. The first-order valence-corrected chi connectivity index (χ1v) is 4.80. The van der Waals surface area contributed by atoms with E-state index in [0.717, 1.165) is 23.7 Å². The lowest BCUT2D eigenvalue weighted by molar-refractivity contribution is 0.398. The average Bonchev–Trinajstić information content (AvgIpc) is 2.81. The van der Waals surface area contributed by atoms with Gasteiger partial charge in [-0.15, -0.1) is 13.2 Å². The minimum Gasteiger partial charge on any atom is -0.106 e. The maximum atomic E-state index is 3.00. The molecule has 3 rings (SSSR count). The molecule has 1 saturated carbocycles. The smallest absolute Gasteiger partial charge is 0.0133 e. The first kappa shape index (κ1) is 7.85. The van der Waals surface area contributed by atoms with Crippen LogP contribution in [0.2, 0.25) is 0 Å². The molecule has 0 heterocycles. The minimum absolute atomic E-state index is 0.925. The van der Waals surface area contributed by atoms with Crippen molar-refractivity contribution in [3.63, 3.8) is 0 Å². The fraction of sp³-hybridized carbons (Fsp3) is 0.500. The van der Waals surface area contributed by atoms with Gasteiger partial charge < -0.3 is 0 Å². The van der Waals surface area contributed by atoms with Gasteiger partial charge in [-0.05, 0) is 36.5 Å². The molecule has 12 heavy (non-hydrogen) atoms. The largest absolute Gasteiger partial charge is 0.106 e. The van der Waals surface area contributed by atoms with Crippen LogP contribution in [-0.4, -0.2) is 0 Å². The van der Waals surface area contributed by atoms with E-state index < -0.39 is 0 Å². The van der Waals surface area contributed by atoms with E-state index in [0.29, 0.717) is 0 Å². The number of hydrogen-bond acceptors (Lipinski definition) is 0. The Morgan fingerprint density at radius 2 is 1.75 bits per heavy atom. The zero-order chi connectivity index (χ0) is 8.55. The summed E-state index contributed by atoms with van der Waals surface area (Å²) in [5.74, 6) is 3.82. The summed E-state index contributed by atoms with van der Waals surface area (Å²) >= 11 is 0. The monoisotopic (exact) mass is 160 g/mol. The molecule has 0 aromatic carbocycles. The summed E-state index contributed by atoms with van der Waals surface area (Å²) in [6.45, 7) is 6.00. The lowest BCUT2D eigenvalue weighted by atomic mass is 9.86. The van der Waals surface area contributed by atoms with Crippen molar-refractivity contribution in [2.24, 2.45) is 23.7 Å². The minimum atomic E-state index is 0.925. The molecule has 4 atom stereocenters. The van der Waals surface area contributed by atoms with Crippen LogP contribution >= 0.6 is 0 Å². The number of allylic oxidation sites excluding steroid dienone is 4. The molecule has 2 bridgehead atoms. The Bertz CT molecular complexity index is 224. The number of fused-ring (bicyclic) bond motifs is 5. The van der Waals surface area contributed by atoms with Crippen LogP contribution in [0.15, 0.2) is 37.5 Å². The Morgan fingerprint density at radius 3 is 2.50 bits per heavy atom. The molecule has 0 aliphatic heterocycles. The second kappa shape index (κ2) is 2.93. The second-order valence-corrected chi connectivity index (χ2v) is 3.85. The van der Waals surface area contributed by atoms with Crippen molar-refractivity contribution in [1.82, 2.24) is 0 Å². The van der Waals surface area contributed by atoms with Gasteiger partial charge in [0.15, 0.2) is 0 Å². The van der Waals surface area contributed by atoms with E-state index in [1.807, 2.05) is 0 Å². The highest BCUT2D eigenvalue weighted by atomic mass is 14.5. The molecular formula is C12H16. The van der Waals surface area contributed by atoms with E-state index in [9.17, 15) is 0 Å². The molecule has 4 unspecified atom stereocenters. The summed E-state index contributed by atoms with van der Waals surface area (Å²) in [6.07, 6.45) is 12.5. The fourth-order valence-electron chi connectivity index (χ4n) is 2.97. The van der Waals surface area contributed by atoms with Gasteiger partial charge in [0.25, 0.3) is 0 Å². The molecule has 0 heteroatoms. The Kier molecular flexibility index (Phi) is 1.92. The molecule has 0 saturated heterocycles. The molecule has 0 N–H and O–H groups in total. The topological polar surface area (TPSA) is 0 Å². The van der Waals surface area contributed by atoms with Crippen molar-refractivity contribution in [3.8, 4) is 0 Å². The van der Waals surface area contributed by atoms with Crippen molar-refractivity contribution in [3.05, 3.63) is 37.5 Å². The van der Waals surface area contributed by atoms with Crippen LogP contribution in [0.25, 0.3) is 0 Å².